The second kappa shape index (κ2) is 7.28. The van der Waals surface area contributed by atoms with Crippen molar-refractivity contribution >= 4 is 28.6 Å². The molecular weight excluding hydrogens is 322 g/mol. The fraction of sp³-hybridized carbons (Fsp3) is 0.182. The van der Waals surface area contributed by atoms with Crippen LogP contribution in [0.4, 0.5) is 5.69 Å². The maximum absolute atomic E-state index is 12.7. The number of benzene rings is 2. The van der Waals surface area contributed by atoms with E-state index in [0.717, 1.165) is 39.8 Å². The topological polar surface area (TPSA) is 57.8 Å². The Morgan fingerprint density at radius 1 is 1.19 bits per heavy atom. The summed E-state index contributed by atoms with van der Waals surface area (Å²) < 4.78 is 2.07. The van der Waals surface area contributed by atoms with E-state index in [1.807, 2.05) is 75.5 Å². The summed E-state index contributed by atoms with van der Waals surface area (Å²) in [6.07, 6.45) is 2.49. The number of aromatic nitrogens is 1. The number of anilines is 1. The summed E-state index contributed by atoms with van der Waals surface area (Å²) in [7, 11) is 1.98. The molecule has 4 heteroatoms. The number of carbonyl (C=O) groups excluding carboxylic acids is 1. The quantitative estimate of drug-likeness (QED) is 0.556. The van der Waals surface area contributed by atoms with Crippen LogP contribution in [-0.2, 0) is 18.3 Å². The molecule has 3 rings (SSSR count). The van der Waals surface area contributed by atoms with E-state index in [9.17, 15) is 10.1 Å². The van der Waals surface area contributed by atoms with E-state index in [4.69, 9.17) is 0 Å². The van der Waals surface area contributed by atoms with Crippen molar-refractivity contribution in [3.05, 3.63) is 70.9 Å². The number of nitrogens with one attached hydrogen (secondary N) is 1. The lowest BCUT2D eigenvalue weighted by Crippen LogP contribution is -2.14. The van der Waals surface area contributed by atoms with Crippen molar-refractivity contribution in [2.24, 2.45) is 7.05 Å². The van der Waals surface area contributed by atoms with Crippen molar-refractivity contribution in [2.45, 2.75) is 20.3 Å². The van der Waals surface area contributed by atoms with Crippen LogP contribution in [0, 0.1) is 18.3 Å². The van der Waals surface area contributed by atoms with E-state index >= 15 is 0 Å². The van der Waals surface area contributed by atoms with Gasteiger partial charge in [0.1, 0.15) is 11.6 Å². The van der Waals surface area contributed by atoms with E-state index in [2.05, 4.69) is 9.88 Å². The predicted octanol–water partition coefficient (Wildman–Crippen LogP) is 4.59. The molecule has 0 saturated heterocycles. The standard InChI is InChI=1S/C22H21N3O/c1-4-16-9-5-7-11-20(16)24-22(26)17(14-23)13-19-15(2)25(3)21-12-8-6-10-18(19)21/h5-13H,4H2,1-3H3,(H,24,26). The molecule has 0 unspecified atom stereocenters. The number of nitrogens with zero attached hydrogens (tertiary/aromatic N) is 2. The first-order valence-corrected chi connectivity index (χ1v) is 8.61. The second-order valence-corrected chi connectivity index (χ2v) is 6.21. The molecule has 130 valence electrons. The molecule has 3 aromatic rings. The number of rotatable bonds is 4. The Balaban J connectivity index is 2.01. The number of carbonyl (C=O) groups is 1. The molecule has 0 aliphatic heterocycles. The Morgan fingerprint density at radius 2 is 1.88 bits per heavy atom. The molecular formula is C22H21N3O. The average molecular weight is 343 g/mol. The van der Waals surface area contributed by atoms with Gasteiger partial charge in [-0.15, -0.1) is 0 Å². The van der Waals surface area contributed by atoms with E-state index < -0.39 is 0 Å². The Hall–Kier alpha value is -3.32. The lowest BCUT2D eigenvalue weighted by molar-refractivity contribution is -0.112. The summed E-state index contributed by atoms with van der Waals surface area (Å²) >= 11 is 0. The van der Waals surface area contributed by atoms with Crippen LogP contribution in [0.25, 0.3) is 17.0 Å². The van der Waals surface area contributed by atoms with Gasteiger partial charge in [0, 0.05) is 34.9 Å². The molecule has 4 nitrogen and oxygen atoms in total. The zero-order valence-corrected chi connectivity index (χ0v) is 15.2. The molecule has 0 saturated carbocycles. The van der Waals surface area contributed by atoms with Gasteiger partial charge in [0.25, 0.3) is 5.91 Å². The molecule has 0 bridgehead atoms. The fourth-order valence-corrected chi connectivity index (χ4v) is 3.17. The van der Waals surface area contributed by atoms with Gasteiger partial charge in [-0.2, -0.15) is 5.26 Å². The summed E-state index contributed by atoms with van der Waals surface area (Å²) in [4.78, 5) is 12.7. The Labute approximate surface area is 153 Å². The highest BCUT2D eigenvalue weighted by atomic mass is 16.1. The highest BCUT2D eigenvalue weighted by Crippen LogP contribution is 2.27. The van der Waals surface area contributed by atoms with Crippen molar-refractivity contribution in [3.63, 3.8) is 0 Å². The molecule has 0 atom stereocenters. The van der Waals surface area contributed by atoms with E-state index in [1.54, 1.807) is 6.08 Å². The van der Waals surface area contributed by atoms with E-state index in [0.29, 0.717) is 0 Å². The zero-order chi connectivity index (χ0) is 18.7. The molecule has 1 N–H and O–H groups in total. The summed E-state index contributed by atoms with van der Waals surface area (Å²) in [5, 5.41) is 13.4. The molecule has 0 spiro atoms. The third-order valence-corrected chi connectivity index (χ3v) is 4.75. The summed E-state index contributed by atoms with van der Waals surface area (Å²) in [5.74, 6) is -0.388. The third kappa shape index (κ3) is 3.12. The molecule has 0 aliphatic carbocycles. The van der Waals surface area contributed by atoms with Gasteiger partial charge in [-0.1, -0.05) is 43.3 Å². The number of aryl methyl sites for hydroxylation is 2. The first-order valence-electron chi connectivity index (χ1n) is 8.61. The molecule has 26 heavy (non-hydrogen) atoms. The minimum Gasteiger partial charge on any atom is -0.347 e. The van der Waals surface area contributed by atoms with Crippen molar-refractivity contribution < 1.29 is 4.79 Å². The average Bonchev–Trinajstić information content (AvgIpc) is 2.91. The van der Waals surface area contributed by atoms with E-state index in [-0.39, 0.29) is 11.5 Å². The van der Waals surface area contributed by atoms with Gasteiger partial charge in [-0.3, -0.25) is 4.79 Å². The summed E-state index contributed by atoms with van der Waals surface area (Å²) in [6, 6.07) is 17.7. The number of hydrogen-bond donors (Lipinski definition) is 1. The van der Waals surface area contributed by atoms with Gasteiger partial charge >= 0.3 is 0 Å². The maximum Gasteiger partial charge on any atom is 0.266 e. The zero-order valence-electron chi connectivity index (χ0n) is 15.2. The minimum atomic E-state index is -0.388. The molecule has 1 amide bonds. The van der Waals surface area contributed by atoms with Crippen LogP contribution in [0.2, 0.25) is 0 Å². The highest BCUT2D eigenvalue weighted by Gasteiger charge is 2.15. The Morgan fingerprint density at radius 3 is 2.62 bits per heavy atom. The van der Waals surface area contributed by atoms with Crippen molar-refractivity contribution in [2.75, 3.05) is 5.32 Å². The number of nitriles is 1. The van der Waals surface area contributed by atoms with Crippen LogP contribution < -0.4 is 5.32 Å². The van der Waals surface area contributed by atoms with Gasteiger partial charge in [-0.05, 0) is 37.1 Å². The van der Waals surface area contributed by atoms with Crippen LogP contribution in [0.1, 0.15) is 23.7 Å². The van der Waals surface area contributed by atoms with Crippen molar-refractivity contribution in [1.82, 2.24) is 4.57 Å². The third-order valence-electron chi connectivity index (χ3n) is 4.75. The van der Waals surface area contributed by atoms with Crippen LogP contribution >= 0.6 is 0 Å². The lowest BCUT2D eigenvalue weighted by atomic mass is 10.1. The first-order chi connectivity index (χ1) is 12.6. The normalized spacial score (nSPS) is 11.4. The predicted molar refractivity (Wildman–Crippen MR) is 106 cm³/mol. The highest BCUT2D eigenvalue weighted by molar-refractivity contribution is 6.11. The van der Waals surface area contributed by atoms with Crippen molar-refractivity contribution in [3.8, 4) is 6.07 Å². The van der Waals surface area contributed by atoms with Gasteiger partial charge < -0.3 is 9.88 Å². The monoisotopic (exact) mass is 343 g/mol. The Bertz CT molecular complexity index is 1050. The smallest absolute Gasteiger partial charge is 0.266 e. The molecule has 0 aliphatic rings. The van der Waals surface area contributed by atoms with Crippen molar-refractivity contribution in [1.29, 1.82) is 5.26 Å². The number of fused-ring (bicyclic) bond motifs is 1. The number of para-hydroxylation sites is 2. The van der Waals surface area contributed by atoms with Gasteiger partial charge in [0.2, 0.25) is 0 Å². The SMILES string of the molecule is CCc1ccccc1NC(=O)C(C#N)=Cc1c(C)n(C)c2ccccc12. The van der Waals surface area contributed by atoms with Gasteiger partial charge in [-0.25, -0.2) is 0 Å². The molecule has 0 radical (unpaired) electrons. The van der Waals surface area contributed by atoms with Crippen LogP contribution in [0.15, 0.2) is 54.1 Å². The maximum atomic E-state index is 12.7. The molecule has 1 aromatic heterocycles. The Kier molecular flexibility index (Phi) is 4.90. The van der Waals surface area contributed by atoms with Gasteiger partial charge in [0.05, 0.1) is 0 Å². The first kappa shape index (κ1) is 17.5. The number of amides is 1. The molecule has 1 heterocycles. The summed E-state index contributed by atoms with van der Waals surface area (Å²) in [5.41, 5.74) is 4.87. The molecule has 2 aromatic carbocycles. The van der Waals surface area contributed by atoms with Crippen LogP contribution in [-0.4, -0.2) is 10.5 Å². The van der Waals surface area contributed by atoms with Crippen LogP contribution in [0.5, 0.6) is 0 Å². The molecule has 0 fully saturated rings. The fourth-order valence-electron chi connectivity index (χ4n) is 3.17. The van der Waals surface area contributed by atoms with Gasteiger partial charge in [0.15, 0.2) is 0 Å². The summed E-state index contributed by atoms with van der Waals surface area (Å²) in [6.45, 7) is 4.02. The number of hydrogen-bond acceptors (Lipinski definition) is 2. The van der Waals surface area contributed by atoms with Crippen LogP contribution in [0.3, 0.4) is 0 Å². The minimum absolute atomic E-state index is 0.0929. The second-order valence-electron chi connectivity index (χ2n) is 6.21. The van der Waals surface area contributed by atoms with E-state index in [1.165, 1.54) is 0 Å². The largest absolute Gasteiger partial charge is 0.347 e. The lowest BCUT2D eigenvalue weighted by Gasteiger charge is -2.09.